The summed E-state index contributed by atoms with van der Waals surface area (Å²) < 4.78 is 13.5. The summed E-state index contributed by atoms with van der Waals surface area (Å²) in [5, 5.41) is 9.08. The first-order chi connectivity index (χ1) is 9.70. The molecule has 3 heteroatoms. The number of nitrogens with zero attached hydrogens (tertiary/aromatic N) is 2. The van der Waals surface area contributed by atoms with Gasteiger partial charge in [-0.1, -0.05) is 30.8 Å². The van der Waals surface area contributed by atoms with Crippen LogP contribution in [0.25, 0.3) is 11.1 Å². The highest BCUT2D eigenvalue weighted by molar-refractivity contribution is 5.93. The lowest BCUT2D eigenvalue weighted by Crippen LogP contribution is -1.98. The molecule has 2 aromatic carbocycles. The van der Waals surface area contributed by atoms with Gasteiger partial charge in [0.15, 0.2) is 0 Å². The topological polar surface area (TPSA) is 36.1 Å². The Morgan fingerprint density at radius 2 is 2.00 bits per heavy atom. The van der Waals surface area contributed by atoms with Crippen LogP contribution in [0.5, 0.6) is 0 Å². The van der Waals surface area contributed by atoms with Gasteiger partial charge in [0.2, 0.25) is 0 Å². The fourth-order valence-electron chi connectivity index (χ4n) is 2.43. The Morgan fingerprint density at radius 1 is 1.20 bits per heavy atom. The van der Waals surface area contributed by atoms with E-state index in [9.17, 15) is 4.39 Å². The lowest BCUT2D eigenvalue weighted by atomic mass is 9.91. The van der Waals surface area contributed by atoms with E-state index in [0.29, 0.717) is 5.57 Å². The molecule has 1 heterocycles. The quantitative estimate of drug-likeness (QED) is 0.714. The van der Waals surface area contributed by atoms with Crippen molar-refractivity contribution in [2.24, 2.45) is 4.99 Å². The van der Waals surface area contributed by atoms with Crippen LogP contribution in [-0.4, -0.2) is 6.21 Å². The Kier molecular flexibility index (Phi) is 2.92. The van der Waals surface area contributed by atoms with Crippen LogP contribution in [0.2, 0.25) is 0 Å². The summed E-state index contributed by atoms with van der Waals surface area (Å²) in [6.45, 7) is 3.77. The van der Waals surface area contributed by atoms with Crippen LogP contribution in [0.15, 0.2) is 59.6 Å². The minimum atomic E-state index is -0.410. The molecule has 0 bridgehead atoms. The zero-order valence-corrected chi connectivity index (χ0v) is 10.7. The highest BCUT2D eigenvalue weighted by atomic mass is 19.1. The molecular formula is C17H11FN2. The van der Waals surface area contributed by atoms with Crippen molar-refractivity contribution in [2.45, 2.75) is 6.04 Å². The highest BCUT2D eigenvalue weighted by Gasteiger charge is 2.21. The number of rotatable bonds is 1. The molecule has 1 unspecified atom stereocenters. The standard InChI is InChI=1S/C17H11FN2/c1-11(9-19)17-15-5-3-2-4-14(15)16-8-13(18)7-6-12(16)10-20-17/h2-8,10,17H,1H2. The van der Waals surface area contributed by atoms with Crippen LogP contribution < -0.4 is 0 Å². The van der Waals surface area contributed by atoms with E-state index < -0.39 is 6.04 Å². The zero-order chi connectivity index (χ0) is 14.1. The van der Waals surface area contributed by atoms with Crippen LogP contribution in [0.3, 0.4) is 0 Å². The molecule has 0 saturated carbocycles. The molecule has 0 amide bonds. The minimum absolute atomic E-state index is 0.287. The van der Waals surface area contributed by atoms with Crippen molar-refractivity contribution in [3.63, 3.8) is 0 Å². The van der Waals surface area contributed by atoms with Crippen LogP contribution in [0.4, 0.5) is 4.39 Å². The second kappa shape index (κ2) is 4.75. The minimum Gasteiger partial charge on any atom is -0.279 e. The summed E-state index contributed by atoms with van der Waals surface area (Å²) in [5.74, 6) is -0.287. The first-order valence-corrected chi connectivity index (χ1v) is 6.21. The van der Waals surface area contributed by atoms with E-state index >= 15 is 0 Å². The van der Waals surface area contributed by atoms with E-state index in [-0.39, 0.29) is 5.82 Å². The molecule has 96 valence electrons. The van der Waals surface area contributed by atoms with Crippen molar-refractivity contribution in [1.82, 2.24) is 0 Å². The normalized spacial score (nSPS) is 15.7. The van der Waals surface area contributed by atoms with E-state index in [1.54, 1.807) is 12.3 Å². The third-order valence-corrected chi connectivity index (χ3v) is 3.40. The van der Waals surface area contributed by atoms with Gasteiger partial charge in [-0.25, -0.2) is 4.39 Å². The van der Waals surface area contributed by atoms with E-state index in [1.165, 1.54) is 12.1 Å². The molecule has 0 radical (unpaired) electrons. The van der Waals surface area contributed by atoms with Gasteiger partial charge in [0.1, 0.15) is 11.9 Å². The molecule has 0 spiro atoms. The first-order valence-electron chi connectivity index (χ1n) is 6.21. The van der Waals surface area contributed by atoms with Gasteiger partial charge in [-0.15, -0.1) is 0 Å². The molecule has 3 rings (SSSR count). The van der Waals surface area contributed by atoms with Gasteiger partial charge in [0.25, 0.3) is 0 Å². The Bertz CT molecular complexity index is 769. The molecular weight excluding hydrogens is 251 g/mol. The number of hydrogen-bond acceptors (Lipinski definition) is 2. The number of hydrogen-bond donors (Lipinski definition) is 0. The van der Waals surface area contributed by atoms with E-state index in [1.807, 2.05) is 24.3 Å². The van der Waals surface area contributed by atoms with E-state index in [2.05, 4.69) is 17.6 Å². The summed E-state index contributed by atoms with van der Waals surface area (Å²) in [4.78, 5) is 4.44. The summed E-state index contributed by atoms with van der Waals surface area (Å²) in [6.07, 6.45) is 1.68. The Morgan fingerprint density at radius 3 is 2.80 bits per heavy atom. The molecule has 0 aliphatic carbocycles. The fraction of sp³-hybridized carbons (Fsp3) is 0.0588. The lowest BCUT2D eigenvalue weighted by Gasteiger charge is -2.14. The number of nitriles is 1. The predicted octanol–water partition coefficient (Wildman–Crippen LogP) is 4.05. The predicted molar refractivity (Wildman–Crippen MR) is 76.9 cm³/mol. The van der Waals surface area contributed by atoms with Crippen LogP contribution in [0, 0.1) is 17.1 Å². The van der Waals surface area contributed by atoms with E-state index in [0.717, 1.165) is 22.3 Å². The van der Waals surface area contributed by atoms with Crippen LogP contribution in [-0.2, 0) is 0 Å². The molecule has 1 atom stereocenters. The molecule has 0 saturated heterocycles. The van der Waals surface area contributed by atoms with Gasteiger partial charge in [0.05, 0.1) is 11.6 Å². The van der Waals surface area contributed by atoms with Crippen LogP contribution in [0.1, 0.15) is 17.2 Å². The lowest BCUT2D eigenvalue weighted by molar-refractivity contribution is 0.628. The smallest absolute Gasteiger partial charge is 0.123 e. The summed E-state index contributed by atoms with van der Waals surface area (Å²) in [5.41, 5.74) is 3.77. The monoisotopic (exact) mass is 262 g/mol. The third kappa shape index (κ3) is 1.92. The maximum absolute atomic E-state index is 13.5. The molecule has 2 nitrogen and oxygen atoms in total. The largest absolute Gasteiger partial charge is 0.279 e. The Balaban J connectivity index is 2.30. The maximum atomic E-state index is 13.5. The van der Waals surface area contributed by atoms with Crippen molar-refractivity contribution in [3.05, 3.63) is 71.6 Å². The average Bonchev–Trinajstić information content (AvgIpc) is 2.64. The van der Waals surface area contributed by atoms with Gasteiger partial charge in [0, 0.05) is 11.8 Å². The zero-order valence-electron chi connectivity index (χ0n) is 10.7. The highest BCUT2D eigenvalue weighted by Crippen LogP contribution is 2.37. The van der Waals surface area contributed by atoms with Crippen molar-refractivity contribution in [2.75, 3.05) is 0 Å². The average molecular weight is 262 g/mol. The molecule has 1 aliphatic rings. The van der Waals surface area contributed by atoms with Gasteiger partial charge in [-0.3, -0.25) is 4.99 Å². The van der Waals surface area contributed by atoms with Crippen molar-refractivity contribution in [1.29, 1.82) is 5.26 Å². The fourth-order valence-corrected chi connectivity index (χ4v) is 2.43. The molecule has 0 aromatic heterocycles. The number of aliphatic imine (C=N–C) groups is 1. The molecule has 20 heavy (non-hydrogen) atoms. The summed E-state index contributed by atoms with van der Waals surface area (Å²) >= 11 is 0. The Hall–Kier alpha value is -2.73. The number of halogens is 1. The second-order valence-electron chi connectivity index (χ2n) is 4.64. The first kappa shape index (κ1) is 12.3. The van der Waals surface area contributed by atoms with Crippen molar-refractivity contribution >= 4 is 6.21 Å². The van der Waals surface area contributed by atoms with Crippen LogP contribution >= 0.6 is 0 Å². The third-order valence-electron chi connectivity index (χ3n) is 3.40. The Labute approximate surface area is 116 Å². The molecule has 1 aliphatic heterocycles. The maximum Gasteiger partial charge on any atom is 0.123 e. The second-order valence-corrected chi connectivity index (χ2v) is 4.64. The van der Waals surface area contributed by atoms with Crippen molar-refractivity contribution in [3.8, 4) is 17.2 Å². The summed E-state index contributed by atoms with van der Waals surface area (Å²) in [7, 11) is 0. The molecule has 2 aromatic rings. The summed E-state index contributed by atoms with van der Waals surface area (Å²) in [6, 6.07) is 13.9. The van der Waals surface area contributed by atoms with Crippen molar-refractivity contribution < 1.29 is 4.39 Å². The molecule has 0 N–H and O–H groups in total. The number of benzene rings is 2. The van der Waals surface area contributed by atoms with E-state index in [4.69, 9.17) is 5.26 Å². The van der Waals surface area contributed by atoms with Gasteiger partial charge in [-0.05, 0) is 34.9 Å². The van der Waals surface area contributed by atoms with Gasteiger partial charge in [-0.2, -0.15) is 5.26 Å². The molecule has 0 fully saturated rings. The van der Waals surface area contributed by atoms with Gasteiger partial charge < -0.3 is 0 Å². The SMILES string of the molecule is C=C(C#N)C1N=Cc2ccc(F)cc2-c2ccccc21. The van der Waals surface area contributed by atoms with Gasteiger partial charge >= 0.3 is 0 Å². The number of fused-ring (bicyclic) bond motifs is 3.